The SMILES string of the molecule is Cc1ccc(S(=O)(=O)N2CSCC2C(=O)N(C)C2CC2)c(Br)c1. The standard InChI is InChI=1S/C15H19BrN2O3S2/c1-10-3-6-14(12(16)7-10)23(20,21)18-9-22-8-13(18)15(19)17(2)11-4-5-11/h3,6-7,11,13H,4-5,8-9H2,1-2H3. The molecule has 3 rings (SSSR count). The molecule has 1 aromatic rings. The van der Waals surface area contributed by atoms with Crippen LogP contribution in [0.5, 0.6) is 0 Å². The lowest BCUT2D eigenvalue weighted by Crippen LogP contribution is -2.48. The molecule has 2 fully saturated rings. The van der Waals surface area contributed by atoms with E-state index in [1.54, 1.807) is 30.1 Å². The van der Waals surface area contributed by atoms with Gasteiger partial charge >= 0.3 is 0 Å². The molecule has 2 aliphatic rings. The summed E-state index contributed by atoms with van der Waals surface area (Å²) in [5, 5.41) is 0. The number of sulfonamides is 1. The van der Waals surface area contributed by atoms with E-state index in [0.29, 0.717) is 16.1 Å². The van der Waals surface area contributed by atoms with Crippen LogP contribution in [0.2, 0.25) is 0 Å². The van der Waals surface area contributed by atoms with E-state index < -0.39 is 16.1 Å². The Kier molecular flexibility index (Phi) is 4.79. The van der Waals surface area contributed by atoms with Gasteiger partial charge in [0.15, 0.2) is 0 Å². The topological polar surface area (TPSA) is 57.7 Å². The summed E-state index contributed by atoms with van der Waals surface area (Å²) in [4.78, 5) is 14.6. The zero-order chi connectivity index (χ0) is 16.8. The molecule has 1 aliphatic heterocycles. The first-order chi connectivity index (χ1) is 10.8. The van der Waals surface area contributed by atoms with Gasteiger partial charge in [0.2, 0.25) is 15.9 Å². The van der Waals surface area contributed by atoms with E-state index in [1.807, 2.05) is 6.92 Å². The van der Waals surface area contributed by atoms with Gasteiger partial charge in [-0.2, -0.15) is 4.31 Å². The van der Waals surface area contributed by atoms with E-state index in [-0.39, 0.29) is 16.8 Å². The molecule has 1 aromatic carbocycles. The molecule has 1 heterocycles. The van der Waals surface area contributed by atoms with Crippen molar-refractivity contribution in [1.29, 1.82) is 0 Å². The predicted molar refractivity (Wildman–Crippen MR) is 94.8 cm³/mol. The quantitative estimate of drug-likeness (QED) is 0.753. The third-order valence-electron chi connectivity index (χ3n) is 4.24. The van der Waals surface area contributed by atoms with Crippen molar-refractivity contribution in [3.63, 3.8) is 0 Å². The summed E-state index contributed by atoms with van der Waals surface area (Å²) in [5.74, 6) is 0.736. The molecule has 0 bridgehead atoms. The molecule has 1 aliphatic carbocycles. The van der Waals surface area contributed by atoms with Crippen LogP contribution in [0.4, 0.5) is 0 Å². The van der Waals surface area contributed by atoms with E-state index in [0.717, 1.165) is 18.4 Å². The molecule has 23 heavy (non-hydrogen) atoms. The highest BCUT2D eigenvalue weighted by Crippen LogP contribution is 2.34. The van der Waals surface area contributed by atoms with Crippen molar-refractivity contribution in [2.24, 2.45) is 0 Å². The minimum Gasteiger partial charge on any atom is -0.341 e. The molecule has 1 amide bonds. The van der Waals surface area contributed by atoms with Crippen LogP contribution in [0.25, 0.3) is 0 Å². The molecule has 5 nitrogen and oxygen atoms in total. The summed E-state index contributed by atoms with van der Waals surface area (Å²) in [6.07, 6.45) is 2.02. The van der Waals surface area contributed by atoms with Crippen LogP contribution in [0.15, 0.2) is 27.6 Å². The van der Waals surface area contributed by atoms with Crippen LogP contribution in [-0.2, 0) is 14.8 Å². The minimum atomic E-state index is -3.70. The fourth-order valence-corrected chi connectivity index (χ4v) is 6.97. The lowest BCUT2D eigenvalue weighted by molar-refractivity contribution is -0.133. The van der Waals surface area contributed by atoms with Crippen molar-refractivity contribution in [3.8, 4) is 0 Å². The van der Waals surface area contributed by atoms with Gasteiger partial charge in [0.25, 0.3) is 0 Å². The number of hydrogen-bond donors (Lipinski definition) is 0. The monoisotopic (exact) mass is 418 g/mol. The summed E-state index contributed by atoms with van der Waals surface area (Å²) in [7, 11) is -1.93. The first-order valence-corrected chi connectivity index (χ1v) is 10.8. The van der Waals surface area contributed by atoms with Gasteiger partial charge in [-0.15, -0.1) is 11.8 Å². The van der Waals surface area contributed by atoms with Gasteiger partial charge in [-0.25, -0.2) is 8.42 Å². The van der Waals surface area contributed by atoms with Crippen LogP contribution in [0, 0.1) is 6.92 Å². The Morgan fingerprint density at radius 3 is 2.70 bits per heavy atom. The molecule has 8 heteroatoms. The summed E-state index contributed by atoms with van der Waals surface area (Å²) >= 11 is 4.82. The Bertz CT molecular complexity index is 734. The Balaban J connectivity index is 1.90. The third-order valence-corrected chi connectivity index (χ3v) is 8.25. The van der Waals surface area contributed by atoms with Gasteiger partial charge in [0.1, 0.15) is 6.04 Å². The second-order valence-electron chi connectivity index (χ2n) is 6.02. The molecule has 1 unspecified atom stereocenters. The maximum absolute atomic E-state index is 13.0. The first-order valence-electron chi connectivity index (χ1n) is 7.45. The van der Waals surface area contributed by atoms with E-state index in [9.17, 15) is 13.2 Å². The number of aryl methyl sites for hydroxylation is 1. The van der Waals surface area contributed by atoms with E-state index in [2.05, 4.69) is 15.9 Å². The number of carbonyl (C=O) groups is 1. The zero-order valence-corrected chi connectivity index (χ0v) is 16.2. The van der Waals surface area contributed by atoms with Crippen LogP contribution in [0.1, 0.15) is 18.4 Å². The molecular formula is C15H19BrN2O3S2. The van der Waals surface area contributed by atoms with Gasteiger partial charge in [0, 0.05) is 23.3 Å². The summed E-state index contributed by atoms with van der Waals surface area (Å²) in [6.45, 7) is 1.91. The molecular weight excluding hydrogens is 400 g/mol. The van der Waals surface area contributed by atoms with Crippen molar-refractivity contribution in [3.05, 3.63) is 28.2 Å². The molecule has 1 saturated heterocycles. The third kappa shape index (κ3) is 3.31. The Labute approximate surface area is 149 Å². The van der Waals surface area contributed by atoms with Crippen LogP contribution in [-0.4, -0.2) is 54.3 Å². The van der Waals surface area contributed by atoms with Crippen molar-refractivity contribution >= 4 is 43.6 Å². The largest absolute Gasteiger partial charge is 0.341 e. The smallest absolute Gasteiger partial charge is 0.245 e. The molecule has 1 saturated carbocycles. The summed E-state index contributed by atoms with van der Waals surface area (Å²) < 4.78 is 27.9. The molecule has 0 aromatic heterocycles. The van der Waals surface area contributed by atoms with E-state index in [4.69, 9.17) is 0 Å². The fourth-order valence-electron chi connectivity index (χ4n) is 2.68. The highest BCUT2D eigenvalue weighted by Gasteiger charge is 2.43. The Hall–Kier alpha value is -0.570. The van der Waals surface area contributed by atoms with Crippen molar-refractivity contribution in [2.45, 2.75) is 36.7 Å². The van der Waals surface area contributed by atoms with Gasteiger partial charge in [-0.1, -0.05) is 6.07 Å². The van der Waals surface area contributed by atoms with Crippen LogP contribution >= 0.6 is 27.7 Å². The van der Waals surface area contributed by atoms with Crippen LogP contribution < -0.4 is 0 Å². The highest BCUT2D eigenvalue weighted by molar-refractivity contribution is 9.10. The molecule has 1 atom stereocenters. The number of hydrogen-bond acceptors (Lipinski definition) is 4. The molecule has 0 spiro atoms. The fraction of sp³-hybridized carbons (Fsp3) is 0.533. The number of likely N-dealkylation sites (N-methyl/N-ethyl adjacent to an activating group) is 1. The van der Waals surface area contributed by atoms with Crippen molar-refractivity contribution < 1.29 is 13.2 Å². The number of nitrogens with zero attached hydrogens (tertiary/aromatic N) is 2. The second kappa shape index (κ2) is 6.38. The number of benzene rings is 1. The second-order valence-corrected chi connectivity index (χ2v) is 9.74. The van der Waals surface area contributed by atoms with E-state index >= 15 is 0 Å². The van der Waals surface area contributed by atoms with Gasteiger partial charge in [-0.05, 0) is 53.4 Å². The number of halogens is 1. The summed E-state index contributed by atoms with van der Waals surface area (Å²) in [5.41, 5.74) is 0.979. The Morgan fingerprint density at radius 2 is 2.09 bits per heavy atom. The summed E-state index contributed by atoms with van der Waals surface area (Å²) in [6, 6.07) is 4.83. The van der Waals surface area contributed by atoms with Crippen molar-refractivity contribution in [2.75, 3.05) is 18.7 Å². The van der Waals surface area contributed by atoms with E-state index in [1.165, 1.54) is 16.1 Å². The number of amides is 1. The lowest BCUT2D eigenvalue weighted by Gasteiger charge is -2.27. The number of rotatable bonds is 4. The number of carbonyl (C=O) groups excluding carboxylic acids is 1. The first kappa shape index (κ1) is 17.3. The minimum absolute atomic E-state index is 0.0932. The maximum atomic E-state index is 13.0. The normalized spacial score (nSPS) is 22.3. The lowest BCUT2D eigenvalue weighted by atomic mass is 10.2. The van der Waals surface area contributed by atoms with Gasteiger partial charge in [0.05, 0.1) is 10.8 Å². The molecule has 0 radical (unpaired) electrons. The molecule has 0 N–H and O–H groups in total. The highest BCUT2D eigenvalue weighted by atomic mass is 79.9. The van der Waals surface area contributed by atoms with Crippen molar-refractivity contribution in [1.82, 2.24) is 9.21 Å². The number of thioether (sulfide) groups is 1. The Morgan fingerprint density at radius 1 is 1.39 bits per heavy atom. The van der Waals surface area contributed by atoms with Crippen LogP contribution in [0.3, 0.4) is 0 Å². The molecule has 126 valence electrons. The van der Waals surface area contributed by atoms with Gasteiger partial charge in [-0.3, -0.25) is 4.79 Å². The maximum Gasteiger partial charge on any atom is 0.245 e. The zero-order valence-electron chi connectivity index (χ0n) is 13.0. The van der Waals surface area contributed by atoms with Gasteiger partial charge < -0.3 is 4.90 Å². The average Bonchev–Trinajstić information content (AvgIpc) is 3.21. The predicted octanol–water partition coefficient (Wildman–Crippen LogP) is 2.44. The average molecular weight is 419 g/mol.